The van der Waals surface area contributed by atoms with Gasteiger partial charge in [0.2, 0.25) is 0 Å². The fourth-order valence-electron chi connectivity index (χ4n) is 2.75. The van der Waals surface area contributed by atoms with Crippen LogP contribution in [0.15, 0.2) is 36.4 Å². The SMILES string of the molecule is CC[C@@H](NC(=O)COc1cc(C)cc(C)c1C)c1ccc(C)cc1. The summed E-state index contributed by atoms with van der Waals surface area (Å²) in [5.74, 6) is 0.687. The molecule has 0 unspecified atom stereocenters. The number of rotatable bonds is 6. The highest BCUT2D eigenvalue weighted by Gasteiger charge is 2.14. The highest BCUT2D eigenvalue weighted by molar-refractivity contribution is 5.78. The molecule has 1 N–H and O–H groups in total. The van der Waals surface area contributed by atoms with E-state index >= 15 is 0 Å². The number of aryl methyl sites for hydroxylation is 3. The number of hydrogen-bond donors (Lipinski definition) is 1. The van der Waals surface area contributed by atoms with Gasteiger partial charge in [0.05, 0.1) is 6.04 Å². The van der Waals surface area contributed by atoms with Gasteiger partial charge in [-0.25, -0.2) is 0 Å². The Morgan fingerprint density at radius 2 is 1.71 bits per heavy atom. The molecule has 0 aliphatic carbocycles. The van der Waals surface area contributed by atoms with Crippen molar-refractivity contribution in [3.63, 3.8) is 0 Å². The summed E-state index contributed by atoms with van der Waals surface area (Å²) in [6, 6.07) is 12.4. The third kappa shape index (κ3) is 4.60. The summed E-state index contributed by atoms with van der Waals surface area (Å²) in [6.07, 6.45) is 0.845. The first-order valence-corrected chi connectivity index (χ1v) is 8.47. The maximum atomic E-state index is 12.3. The van der Waals surface area contributed by atoms with E-state index in [1.54, 1.807) is 0 Å². The van der Waals surface area contributed by atoms with Crippen molar-refractivity contribution < 1.29 is 9.53 Å². The van der Waals surface area contributed by atoms with E-state index in [9.17, 15) is 4.79 Å². The van der Waals surface area contributed by atoms with Gasteiger partial charge in [-0.2, -0.15) is 0 Å². The van der Waals surface area contributed by atoms with E-state index in [1.807, 2.05) is 19.9 Å². The summed E-state index contributed by atoms with van der Waals surface area (Å²) in [6.45, 7) is 10.3. The molecular weight excluding hydrogens is 298 g/mol. The summed E-state index contributed by atoms with van der Waals surface area (Å²) in [5, 5.41) is 3.06. The van der Waals surface area contributed by atoms with E-state index < -0.39 is 0 Å². The quantitative estimate of drug-likeness (QED) is 0.845. The van der Waals surface area contributed by atoms with Crippen LogP contribution < -0.4 is 10.1 Å². The average Bonchev–Trinajstić information content (AvgIpc) is 2.55. The van der Waals surface area contributed by atoms with Crippen LogP contribution in [0.4, 0.5) is 0 Å². The molecule has 0 aliphatic heterocycles. The summed E-state index contributed by atoms with van der Waals surface area (Å²) in [5.41, 5.74) is 5.74. The molecule has 2 rings (SSSR count). The topological polar surface area (TPSA) is 38.3 Å². The summed E-state index contributed by atoms with van der Waals surface area (Å²) >= 11 is 0. The minimum Gasteiger partial charge on any atom is -0.483 e. The van der Waals surface area contributed by atoms with Gasteiger partial charge in [0.15, 0.2) is 6.61 Å². The second-order valence-electron chi connectivity index (χ2n) is 6.43. The molecular formula is C21H27NO2. The second-order valence-corrected chi connectivity index (χ2v) is 6.43. The molecule has 1 amide bonds. The van der Waals surface area contributed by atoms with E-state index in [2.05, 4.69) is 56.4 Å². The van der Waals surface area contributed by atoms with Crippen LogP contribution in [0.3, 0.4) is 0 Å². The number of amides is 1. The summed E-state index contributed by atoms with van der Waals surface area (Å²) in [7, 11) is 0. The van der Waals surface area contributed by atoms with Crippen LogP contribution >= 0.6 is 0 Å². The third-order valence-corrected chi connectivity index (χ3v) is 4.35. The number of benzene rings is 2. The normalized spacial score (nSPS) is 11.9. The van der Waals surface area contributed by atoms with Crippen LogP contribution in [0.1, 0.15) is 47.2 Å². The predicted octanol–water partition coefficient (Wildman–Crippen LogP) is 4.57. The van der Waals surface area contributed by atoms with Gasteiger partial charge in [-0.05, 0) is 62.4 Å². The smallest absolute Gasteiger partial charge is 0.258 e. The average molecular weight is 325 g/mol. The molecule has 0 spiro atoms. The number of nitrogens with one attached hydrogen (secondary N) is 1. The van der Waals surface area contributed by atoms with Crippen molar-refractivity contribution in [1.29, 1.82) is 0 Å². The number of ether oxygens (including phenoxy) is 1. The number of carbonyl (C=O) groups is 1. The van der Waals surface area contributed by atoms with Crippen LogP contribution in [0.2, 0.25) is 0 Å². The maximum absolute atomic E-state index is 12.3. The Kier molecular flexibility index (Phi) is 6.02. The third-order valence-electron chi connectivity index (χ3n) is 4.35. The first-order valence-electron chi connectivity index (χ1n) is 8.47. The lowest BCUT2D eigenvalue weighted by molar-refractivity contribution is -0.123. The van der Waals surface area contributed by atoms with Crippen LogP contribution in [0.5, 0.6) is 5.75 Å². The van der Waals surface area contributed by atoms with Crippen molar-refractivity contribution >= 4 is 5.91 Å². The van der Waals surface area contributed by atoms with Crippen LogP contribution in [-0.2, 0) is 4.79 Å². The van der Waals surface area contributed by atoms with E-state index in [1.165, 1.54) is 11.1 Å². The highest BCUT2D eigenvalue weighted by Crippen LogP contribution is 2.23. The lowest BCUT2D eigenvalue weighted by Crippen LogP contribution is -2.32. The van der Waals surface area contributed by atoms with Crippen molar-refractivity contribution in [3.05, 3.63) is 64.2 Å². The summed E-state index contributed by atoms with van der Waals surface area (Å²) in [4.78, 5) is 12.3. The Bertz CT molecular complexity index is 705. The summed E-state index contributed by atoms with van der Waals surface area (Å²) < 4.78 is 5.75. The van der Waals surface area contributed by atoms with Gasteiger partial charge in [-0.1, -0.05) is 42.8 Å². The zero-order chi connectivity index (χ0) is 17.7. The van der Waals surface area contributed by atoms with Gasteiger partial charge >= 0.3 is 0 Å². The fourth-order valence-corrected chi connectivity index (χ4v) is 2.75. The van der Waals surface area contributed by atoms with Crippen LogP contribution in [-0.4, -0.2) is 12.5 Å². The Morgan fingerprint density at radius 1 is 1.04 bits per heavy atom. The molecule has 128 valence electrons. The largest absolute Gasteiger partial charge is 0.483 e. The van der Waals surface area contributed by atoms with Crippen molar-refractivity contribution in [2.75, 3.05) is 6.61 Å². The lowest BCUT2D eigenvalue weighted by atomic mass is 10.0. The molecule has 24 heavy (non-hydrogen) atoms. The zero-order valence-corrected chi connectivity index (χ0v) is 15.3. The van der Waals surface area contributed by atoms with Gasteiger partial charge in [0.1, 0.15) is 5.75 Å². The molecule has 0 aromatic heterocycles. The van der Waals surface area contributed by atoms with Crippen LogP contribution in [0, 0.1) is 27.7 Å². The van der Waals surface area contributed by atoms with E-state index in [0.29, 0.717) is 0 Å². The first-order chi connectivity index (χ1) is 11.4. The van der Waals surface area contributed by atoms with Crippen molar-refractivity contribution in [2.45, 2.75) is 47.1 Å². The Morgan fingerprint density at radius 3 is 2.33 bits per heavy atom. The van der Waals surface area contributed by atoms with E-state index in [0.717, 1.165) is 28.9 Å². The Labute approximate surface area is 145 Å². The molecule has 2 aromatic carbocycles. The zero-order valence-electron chi connectivity index (χ0n) is 15.3. The molecule has 3 nitrogen and oxygen atoms in total. The molecule has 1 atom stereocenters. The number of hydrogen-bond acceptors (Lipinski definition) is 2. The monoisotopic (exact) mass is 325 g/mol. The molecule has 0 aliphatic rings. The first kappa shape index (κ1) is 18.1. The molecule has 3 heteroatoms. The Hall–Kier alpha value is -2.29. The molecule has 0 bridgehead atoms. The molecule has 0 saturated carbocycles. The highest BCUT2D eigenvalue weighted by atomic mass is 16.5. The molecule has 0 heterocycles. The minimum atomic E-state index is -0.0963. The van der Waals surface area contributed by atoms with Crippen molar-refractivity contribution in [1.82, 2.24) is 5.32 Å². The molecule has 0 fully saturated rings. The number of carbonyl (C=O) groups excluding carboxylic acids is 1. The maximum Gasteiger partial charge on any atom is 0.258 e. The van der Waals surface area contributed by atoms with Crippen molar-refractivity contribution in [2.24, 2.45) is 0 Å². The molecule has 0 saturated heterocycles. The second kappa shape index (κ2) is 8.00. The van der Waals surface area contributed by atoms with Gasteiger partial charge < -0.3 is 10.1 Å². The van der Waals surface area contributed by atoms with Crippen molar-refractivity contribution in [3.8, 4) is 5.75 Å². The van der Waals surface area contributed by atoms with E-state index in [4.69, 9.17) is 4.74 Å². The van der Waals surface area contributed by atoms with Gasteiger partial charge in [-0.3, -0.25) is 4.79 Å². The van der Waals surface area contributed by atoms with Gasteiger partial charge in [-0.15, -0.1) is 0 Å². The standard InChI is InChI=1S/C21H27NO2/c1-6-19(18-9-7-14(2)8-10-18)22-21(23)13-24-20-12-15(3)11-16(4)17(20)5/h7-12,19H,6,13H2,1-5H3,(H,22,23)/t19-/m1/s1. The van der Waals surface area contributed by atoms with Crippen LogP contribution in [0.25, 0.3) is 0 Å². The van der Waals surface area contributed by atoms with E-state index in [-0.39, 0.29) is 18.6 Å². The minimum absolute atomic E-state index is 0.0158. The van der Waals surface area contributed by atoms with Gasteiger partial charge in [0, 0.05) is 0 Å². The predicted molar refractivity (Wildman–Crippen MR) is 98.5 cm³/mol. The molecule has 2 aromatic rings. The Balaban J connectivity index is 1.98. The lowest BCUT2D eigenvalue weighted by Gasteiger charge is -2.18. The fraction of sp³-hybridized carbons (Fsp3) is 0.381. The van der Waals surface area contributed by atoms with Gasteiger partial charge in [0.25, 0.3) is 5.91 Å². The molecule has 0 radical (unpaired) electrons.